The fourth-order valence-corrected chi connectivity index (χ4v) is 7.11. The van der Waals surface area contributed by atoms with Gasteiger partial charge < -0.3 is 19.5 Å². The molecule has 0 bridgehead atoms. The molecule has 4 heterocycles. The number of fused-ring (bicyclic) bond motifs is 1. The van der Waals surface area contributed by atoms with Crippen LogP contribution in [-0.4, -0.2) is 107 Å². The molecular weight excluding hydrogens is 634 g/mol. The van der Waals surface area contributed by atoms with Gasteiger partial charge in [0.05, 0.1) is 0 Å². The van der Waals surface area contributed by atoms with Crippen molar-refractivity contribution in [1.29, 1.82) is 0 Å². The number of carbonyl (C=O) groups is 3. The second-order valence-electron chi connectivity index (χ2n) is 13.6. The average Bonchev–Trinajstić information content (AvgIpc) is 3.78. The van der Waals surface area contributed by atoms with E-state index in [1.807, 2.05) is 48.5 Å². The third-order valence-electron chi connectivity index (χ3n) is 9.83. The number of anilines is 3. The minimum absolute atomic E-state index is 0.0209. The van der Waals surface area contributed by atoms with Gasteiger partial charge in [0.1, 0.15) is 23.7 Å². The predicted molar refractivity (Wildman–Crippen MR) is 192 cm³/mol. The molecule has 2 aromatic heterocycles. The van der Waals surface area contributed by atoms with Crippen molar-refractivity contribution in [2.75, 3.05) is 70.2 Å². The van der Waals surface area contributed by atoms with Crippen molar-refractivity contribution in [3.05, 3.63) is 72.1 Å². The molecule has 2 saturated heterocycles. The Kier molecular flexibility index (Phi) is 9.95. The smallest absolute Gasteiger partial charge is 0.328 e. The Bertz CT molecular complexity index is 1840. The molecule has 50 heavy (non-hydrogen) atoms. The van der Waals surface area contributed by atoms with E-state index in [1.54, 1.807) is 30.1 Å². The maximum absolute atomic E-state index is 13.0. The summed E-state index contributed by atoms with van der Waals surface area (Å²) in [6.45, 7) is 6.49. The Balaban J connectivity index is 0.881. The van der Waals surface area contributed by atoms with Crippen molar-refractivity contribution in [2.45, 2.75) is 44.7 Å². The number of amides is 4. The lowest BCUT2D eigenvalue weighted by molar-refractivity contribution is -0.120. The van der Waals surface area contributed by atoms with Crippen molar-refractivity contribution >= 4 is 46.2 Å². The summed E-state index contributed by atoms with van der Waals surface area (Å²) in [7, 11) is 3.56. The van der Waals surface area contributed by atoms with Gasteiger partial charge in [-0.3, -0.25) is 29.6 Å². The summed E-state index contributed by atoms with van der Waals surface area (Å²) in [6, 6.07) is 17.7. The molecule has 0 unspecified atom stereocenters. The highest BCUT2D eigenvalue weighted by Crippen LogP contribution is 2.35. The van der Waals surface area contributed by atoms with Crippen molar-refractivity contribution in [2.24, 2.45) is 0 Å². The van der Waals surface area contributed by atoms with Gasteiger partial charge in [-0.25, -0.2) is 9.78 Å². The molecule has 3 aliphatic rings. The lowest BCUT2D eigenvalue weighted by atomic mass is 10.1. The molecule has 7 rings (SSSR count). The molecule has 13 nitrogen and oxygen atoms in total. The van der Waals surface area contributed by atoms with Crippen molar-refractivity contribution in [3.8, 4) is 5.75 Å². The van der Waals surface area contributed by atoms with Crippen LogP contribution in [0.1, 0.15) is 54.2 Å². The lowest BCUT2D eigenvalue weighted by Gasteiger charge is -2.34. The molecule has 0 spiro atoms. The number of carbonyl (C=O) groups excluding carboxylic acids is 3. The zero-order chi connectivity index (χ0) is 34.6. The molecule has 3 fully saturated rings. The first-order chi connectivity index (χ1) is 24.3. The van der Waals surface area contributed by atoms with Crippen LogP contribution >= 0.6 is 0 Å². The molecule has 4 amide bonds. The fraction of sp³-hybridized carbons (Fsp3) is 0.432. The van der Waals surface area contributed by atoms with Gasteiger partial charge in [0.15, 0.2) is 0 Å². The largest absolute Gasteiger partial charge is 0.492 e. The highest BCUT2D eigenvalue weighted by atomic mass is 16.5. The second-order valence-corrected chi connectivity index (χ2v) is 13.6. The monoisotopic (exact) mass is 679 g/mol. The van der Waals surface area contributed by atoms with E-state index in [1.165, 1.54) is 0 Å². The molecule has 13 heteroatoms. The topological polar surface area (TPSA) is 128 Å². The number of nitrogens with zero attached hydrogens (tertiary/aromatic N) is 7. The van der Waals surface area contributed by atoms with E-state index >= 15 is 0 Å². The SMILES string of the molecule is CN(C)C(=O)c1cc2cnc(Nc3ccc(OCCN4CCN(Cc5cccc(N6CCC(=O)NC6=O)c5)CC4)cc3)nc2n1C1CCCC1. The highest BCUT2D eigenvalue weighted by molar-refractivity contribution is 6.05. The van der Waals surface area contributed by atoms with Crippen LogP contribution in [0.25, 0.3) is 11.0 Å². The summed E-state index contributed by atoms with van der Waals surface area (Å²) in [6.07, 6.45) is 6.52. The minimum atomic E-state index is -0.357. The number of piperazine rings is 1. The second kappa shape index (κ2) is 14.9. The molecule has 2 aliphatic heterocycles. The Morgan fingerprint density at radius 3 is 2.48 bits per heavy atom. The average molecular weight is 680 g/mol. The van der Waals surface area contributed by atoms with E-state index in [9.17, 15) is 14.4 Å². The van der Waals surface area contributed by atoms with E-state index in [2.05, 4.69) is 36.1 Å². The Morgan fingerprint density at radius 1 is 0.980 bits per heavy atom. The van der Waals surface area contributed by atoms with Gasteiger partial charge in [-0.05, 0) is 60.9 Å². The van der Waals surface area contributed by atoms with Crippen LogP contribution in [-0.2, 0) is 11.3 Å². The first-order valence-electron chi connectivity index (χ1n) is 17.6. The van der Waals surface area contributed by atoms with Gasteiger partial charge in [-0.2, -0.15) is 4.98 Å². The number of nitrogens with one attached hydrogen (secondary N) is 2. The lowest BCUT2D eigenvalue weighted by Crippen LogP contribution is -2.49. The van der Waals surface area contributed by atoms with Crippen LogP contribution in [0.15, 0.2) is 60.8 Å². The number of imide groups is 1. The zero-order valence-electron chi connectivity index (χ0n) is 28.8. The standard InChI is InChI=1S/C37H45N9O4/c1-42(2)35(48)32-23-27-24-38-36(41-34(27)46(32)29-7-3-4-8-29)39-28-10-12-31(13-11-28)50-21-20-43-16-18-44(19-17-43)25-26-6-5-9-30(22-26)45-15-14-33(47)40-37(45)49/h5-6,9-13,22-24,29H,3-4,7-8,14-21,25H2,1-2H3,(H,38,39,41)(H,40,47,49). The van der Waals surface area contributed by atoms with Gasteiger partial charge in [0.25, 0.3) is 5.91 Å². The number of ether oxygens (including phenoxy) is 1. The number of urea groups is 1. The molecule has 0 atom stereocenters. The van der Waals surface area contributed by atoms with Gasteiger partial charge in [0, 0.05) is 95.3 Å². The van der Waals surface area contributed by atoms with E-state index in [4.69, 9.17) is 9.72 Å². The maximum atomic E-state index is 13.0. The van der Waals surface area contributed by atoms with Gasteiger partial charge in [-0.1, -0.05) is 25.0 Å². The molecular formula is C37H45N9O4. The summed E-state index contributed by atoms with van der Waals surface area (Å²) >= 11 is 0. The van der Waals surface area contributed by atoms with E-state index in [0.717, 1.165) is 98.7 Å². The highest BCUT2D eigenvalue weighted by Gasteiger charge is 2.27. The van der Waals surface area contributed by atoms with E-state index < -0.39 is 0 Å². The summed E-state index contributed by atoms with van der Waals surface area (Å²) in [5, 5.41) is 6.59. The van der Waals surface area contributed by atoms with Crippen LogP contribution in [0, 0.1) is 0 Å². The third-order valence-corrected chi connectivity index (χ3v) is 9.83. The van der Waals surface area contributed by atoms with Crippen LogP contribution in [0.3, 0.4) is 0 Å². The third kappa shape index (κ3) is 7.58. The predicted octanol–water partition coefficient (Wildman–Crippen LogP) is 4.63. The van der Waals surface area contributed by atoms with Crippen molar-refractivity contribution in [1.82, 2.24) is 34.6 Å². The molecule has 262 valence electrons. The number of rotatable bonds is 11. The zero-order valence-corrected chi connectivity index (χ0v) is 28.8. The summed E-state index contributed by atoms with van der Waals surface area (Å²) < 4.78 is 8.21. The number of hydrogen-bond donors (Lipinski definition) is 2. The molecule has 1 saturated carbocycles. The minimum Gasteiger partial charge on any atom is -0.492 e. The van der Waals surface area contributed by atoms with E-state index in [-0.39, 0.29) is 23.9 Å². The normalized spacial score (nSPS) is 17.7. The first kappa shape index (κ1) is 33.5. The summed E-state index contributed by atoms with van der Waals surface area (Å²) in [4.78, 5) is 54.3. The number of benzene rings is 2. The summed E-state index contributed by atoms with van der Waals surface area (Å²) in [5.74, 6) is 1.05. The van der Waals surface area contributed by atoms with Crippen LogP contribution in [0.4, 0.5) is 22.1 Å². The Morgan fingerprint density at radius 2 is 1.74 bits per heavy atom. The van der Waals surface area contributed by atoms with Crippen molar-refractivity contribution in [3.63, 3.8) is 0 Å². The maximum Gasteiger partial charge on any atom is 0.328 e. The van der Waals surface area contributed by atoms with E-state index in [0.29, 0.717) is 31.2 Å². The fourth-order valence-electron chi connectivity index (χ4n) is 7.11. The van der Waals surface area contributed by atoms with Crippen molar-refractivity contribution < 1.29 is 19.1 Å². The Hall–Kier alpha value is -5.01. The van der Waals surface area contributed by atoms with Gasteiger partial charge >= 0.3 is 6.03 Å². The van der Waals surface area contributed by atoms with Crippen LogP contribution in [0.2, 0.25) is 0 Å². The van der Waals surface area contributed by atoms with Gasteiger partial charge in [0.2, 0.25) is 11.9 Å². The molecule has 0 radical (unpaired) electrons. The molecule has 1 aliphatic carbocycles. The first-order valence-corrected chi connectivity index (χ1v) is 17.6. The number of hydrogen-bond acceptors (Lipinski definition) is 9. The molecule has 2 aromatic carbocycles. The quantitative estimate of drug-likeness (QED) is 0.233. The number of aromatic nitrogens is 3. The van der Waals surface area contributed by atoms with Gasteiger partial charge in [-0.15, -0.1) is 0 Å². The Labute approximate surface area is 292 Å². The molecule has 4 aromatic rings. The van der Waals surface area contributed by atoms with Crippen LogP contribution in [0.5, 0.6) is 5.75 Å². The summed E-state index contributed by atoms with van der Waals surface area (Å²) in [5.41, 5.74) is 4.28. The molecule has 2 N–H and O–H groups in total. The van der Waals surface area contributed by atoms with Crippen LogP contribution < -0.4 is 20.3 Å².